The summed E-state index contributed by atoms with van der Waals surface area (Å²) >= 11 is 0. The SMILES string of the molecule is FC(F)(F)c1cccc(C(F)(F)F)c1-c1co[c]n1. The largest absolute Gasteiger partial charge is 0.440 e. The summed E-state index contributed by atoms with van der Waals surface area (Å²) in [6, 6.07) is 1.80. The highest BCUT2D eigenvalue weighted by Gasteiger charge is 2.41. The fourth-order valence-electron chi connectivity index (χ4n) is 1.60. The molecule has 0 aliphatic carbocycles. The van der Waals surface area contributed by atoms with E-state index in [-0.39, 0.29) is 0 Å². The Morgan fingerprint density at radius 2 is 1.47 bits per heavy atom. The van der Waals surface area contributed by atoms with Gasteiger partial charge < -0.3 is 4.42 Å². The topological polar surface area (TPSA) is 26.0 Å². The van der Waals surface area contributed by atoms with Crippen molar-refractivity contribution in [1.82, 2.24) is 4.98 Å². The minimum atomic E-state index is -4.93. The van der Waals surface area contributed by atoms with E-state index >= 15 is 0 Å². The van der Waals surface area contributed by atoms with Crippen LogP contribution in [0.1, 0.15) is 11.1 Å². The average Bonchev–Trinajstić information content (AvgIpc) is 2.78. The highest BCUT2D eigenvalue weighted by molar-refractivity contribution is 5.68. The Kier molecular flexibility index (Phi) is 3.03. The molecule has 2 rings (SSSR count). The van der Waals surface area contributed by atoms with Gasteiger partial charge in [-0.05, 0) is 12.1 Å². The summed E-state index contributed by atoms with van der Waals surface area (Å²) in [6.45, 7) is 0. The number of halogens is 6. The van der Waals surface area contributed by atoms with E-state index in [1.54, 1.807) is 0 Å². The zero-order valence-electron chi connectivity index (χ0n) is 8.93. The van der Waals surface area contributed by atoms with Crippen LogP contribution in [0.3, 0.4) is 0 Å². The number of nitrogens with zero attached hydrogens (tertiary/aromatic N) is 1. The first-order valence-corrected chi connectivity index (χ1v) is 4.80. The second-order valence-electron chi connectivity index (χ2n) is 3.55. The van der Waals surface area contributed by atoms with Crippen molar-refractivity contribution < 1.29 is 30.8 Å². The first-order valence-electron chi connectivity index (χ1n) is 4.80. The van der Waals surface area contributed by atoms with E-state index in [4.69, 9.17) is 0 Å². The lowest BCUT2D eigenvalue weighted by Crippen LogP contribution is -2.14. The molecule has 0 aliphatic heterocycles. The van der Waals surface area contributed by atoms with Gasteiger partial charge in [-0.1, -0.05) is 6.07 Å². The van der Waals surface area contributed by atoms with E-state index in [1.807, 2.05) is 6.39 Å². The molecule has 0 unspecified atom stereocenters. The van der Waals surface area contributed by atoms with Gasteiger partial charge >= 0.3 is 12.4 Å². The summed E-state index contributed by atoms with van der Waals surface area (Å²) in [5.74, 6) is 0. The maximum Gasteiger partial charge on any atom is 0.417 e. The lowest BCUT2D eigenvalue weighted by molar-refractivity contribution is -0.142. The van der Waals surface area contributed by atoms with Crippen LogP contribution >= 0.6 is 0 Å². The lowest BCUT2D eigenvalue weighted by atomic mass is 9.98. The minimum Gasteiger partial charge on any atom is -0.440 e. The molecule has 0 spiro atoms. The van der Waals surface area contributed by atoms with Gasteiger partial charge in [0.25, 0.3) is 6.39 Å². The van der Waals surface area contributed by atoms with E-state index in [0.29, 0.717) is 24.5 Å². The van der Waals surface area contributed by atoms with E-state index < -0.39 is 34.7 Å². The van der Waals surface area contributed by atoms with Crippen LogP contribution in [-0.4, -0.2) is 4.98 Å². The number of hydrogen-bond acceptors (Lipinski definition) is 2. The molecule has 2 nitrogen and oxygen atoms in total. The fraction of sp³-hybridized carbons (Fsp3) is 0.182. The highest BCUT2D eigenvalue weighted by Crippen LogP contribution is 2.43. The van der Waals surface area contributed by atoms with Gasteiger partial charge in [-0.2, -0.15) is 26.3 Å². The molecule has 0 saturated heterocycles. The summed E-state index contributed by atoms with van der Waals surface area (Å²) in [6.07, 6.45) is -7.36. The van der Waals surface area contributed by atoms with Crippen molar-refractivity contribution in [2.45, 2.75) is 12.4 Å². The molecule has 8 heteroatoms. The monoisotopic (exact) mass is 280 g/mol. The molecule has 0 atom stereocenters. The molecule has 101 valence electrons. The van der Waals surface area contributed by atoms with E-state index in [9.17, 15) is 26.3 Å². The van der Waals surface area contributed by atoms with Crippen molar-refractivity contribution in [3.63, 3.8) is 0 Å². The van der Waals surface area contributed by atoms with Gasteiger partial charge in [0.2, 0.25) is 0 Å². The highest BCUT2D eigenvalue weighted by atomic mass is 19.4. The Morgan fingerprint density at radius 3 is 1.84 bits per heavy atom. The van der Waals surface area contributed by atoms with Crippen molar-refractivity contribution in [2.75, 3.05) is 0 Å². The number of oxazole rings is 1. The Bertz CT molecular complexity index is 538. The van der Waals surface area contributed by atoms with E-state index in [0.717, 1.165) is 0 Å². The van der Waals surface area contributed by atoms with E-state index in [2.05, 4.69) is 9.40 Å². The molecule has 19 heavy (non-hydrogen) atoms. The molecule has 0 aliphatic rings. The average molecular weight is 280 g/mol. The van der Waals surface area contributed by atoms with Crippen LogP contribution in [0, 0.1) is 6.39 Å². The van der Waals surface area contributed by atoms with Crippen molar-refractivity contribution in [2.24, 2.45) is 0 Å². The standard InChI is InChI=1S/C11H4F6NO/c12-10(13,14)6-2-1-3-7(11(15,16)17)9(6)8-4-19-5-18-8/h1-4H. The predicted molar refractivity (Wildman–Crippen MR) is 50.8 cm³/mol. The third-order valence-electron chi connectivity index (χ3n) is 2.32. The van der Waals surface area contributed by atoms with Gasteiger partial charge in [-0.25, -0.2) is 4.98 Å². The molecule has 1 aromatic heterocycles. The summed E-state index contributed by atoms with van der Waals surface area (Å²) < 4.78 is 81.0. The first-order chi connectivity index (χ1) is 8.71. The second-order valence-corrected chi connectivity index (χ2v) is 3.55. The molecule has 0 amide bonds. The fourth-order valence-corrected chi connectivity index (χ4v) is 1.60. The van der Waals surface area contributed by atoms with Gasteiger partial charge in [0.1, 0.15) is 12.0 Å². The second kappa shape index (κ2) is 4.29. The zero-order valence-corrected chi connectivity index (χ0v) is 8.93. The van der Waals surface area contributed by atoms with Crippen LogP contribution in [0.2, 0.25) is 0 Å². The first kappa shape index (κ1) is 13.4. The lowest BCUT2D eigenvalue weighted by Gasteiger charge is -2.16. The number of alkyl halides is 6. The van der Waals surface area contributed by atoms with E-state index in [1.165, 1.54) is 0 Å². The van der Waals surface area contributed by atoms with Crippen LogP contribution in [-0.2, 0) is 12.4 Å². The molecule has 0 N–H and O–H groups in total. The van der Waals surface area contributed by atoms with Gasteiger partial charge in [0.05, 0.1) is 11.1 Å². The van der Waals surface area contributed by atoms with Crippen molar-refractivity contribution in [3.8, 4) is 11.3 Å². The van der Waals surface area contributed by atoms with Gasteiger partial charge in [0.15, 0.2) is 0 Å². The summed E-state index contributed by atoms with van der Waals surface area (Å²) in [5.41, 5.74) is -4.48. The summed E-state index contributed by atoms with van der Waals surface area (Å²) in [5, 5.41) is 0. The van der Waals surface area contributed by atoms with Crippen molar-refractivity contribution in [1.29, 1.82) is 0 Å². The summed E-state index contributed by atoms with van der Waals surface area (Å²) in [7, 11) is 0. The van der Waals surface area contributed by atoms with Gasteiger partial charge in [-0.15, -0.1) is 0 Å². The number of aromatic nitrogens is 1. The molecule has 1 heterocycles. The molecule has 2 aromatic rings. The number of hydrogen-bond donors (Lipinski definition) is 0. The maximum atomic E-state index is 12.8. The Labute approximate surface area is 102 Å². The zero-order chi connectivity index (χ0) is 14.3. The quantitative estimate of drug-likeness (QED) is 0.732. The maximum absolute atomic E-state index is 12.8. The predicted octanol–water partition coefficient (Wildman–Crippen LogP) is 4.18. The molecular weight excluding hydrogens is 276 g/mol. The molecule has 1 radical (unpaired) electrons. The Balaban J connectivity index is 2.78. The molecule has 1 aromatic carbocycles. The third kappa shape index (κ3) is 2.56. The Hall–Kier alpha value is -1.99. The molecule has 0 saturated carbocycles. The third-order valence-corrected chi connectivity index (χ3v) is 2.32. The summed E-state index contributed by atoms with van der Waals surface area (Å²) in [4.78, 5) is 3.24. The normalized spacial score (nSPS) is 12.7. The van der Waals surface area contributed by atoms with Crippen LogP contribution < -0.4 is 0 Å². The van der Waals surface area contributed by atoms with Gasteiger partial charge in [0, 0.05) is 5.56 Å². The molecule has 0 fully saturated rings. The molecule has 0 bridgehead atoms. The minimum absolute atomic E-state index is 0.555. The van der Waals surface area contributed by atoms with Crippen LogP contribution in [0.5, 0.6) is 0 Å². The number of rotatable bonds is 1. The Morgan fingerprint density at radius 1 is 0.947 bits per heavy atom. The van der Waals surface area contributed by atoms with Gasteiger partial charge in [-0.3, -0.25) is 0 Å². The van der Waals surface area contributed by atoms with Crippen molar-refractivity contribution in [3.05, 3.63) is 42.0 Å². The van der Waals surface area contributed by atoms with Crippen molar-refractivity contribution >= 4 is 0 Å². The van der Waals surface area contributed by atoms with Crippen LogP contribution in [0.15, 0.2) is 28.9 Å². The number of benzene rings is 1. The smallest absolute Gasteiger partial charge is 0.417 e. The van der Waals surface area contributed by atoms with Crippen LogP contribution in [0.25, 0.3) is 11.3 Å². The van der Waals surface area contributed by atoms with Crippen LogP contribution in [0.4, 0.5) is 26.3 Å². The molecular formula is C11H4F6NO.